The highest BCUT2D eigenvalue weighted by Crippen LogP contribution is 2.19. The van der Waals surface area contributed by atoms with Crippen molar-refractivity contribution in [3.05, 3.63) is 65.6 Å². The molecule has 0 radical (unpaired) electrons. The van der Waals surface area contributed by atoms with Crippen LogP contribution in [0.3, 0.4) is 0 Å². The van der Waals surface area contributed by atoms with Gasteiger partial charge in [-0.2, -0.15) is 0 Å². The molecule has 1 atom stereocenters. The third kappa shape index (κ3) is 3.48. The normalized spacial score (nSPS) is 12.3. The van der Waals surface area contributed by atoms with Crippen molar-refractivity contribution < 1.29 is 4.79 Å². The Balaban J connectivity index is 1.67. The van der Waals surface area contributed by atoms with Crippen LogP contribution in [0.2, 0.25) is 0 Å². The Morgan fingerprint density at radius 3 is 2.88 bits per heavy atom. The number of aromatic amines is 1. The Kier molecular flexibility index (Phi) is 4.65. The van der Waals surface area contributed by atoms with Crippen molar-refractivity contribution in [2.45, 2.75) is 32.7 Å². The number of para-hydroxylation sites is 1. The van der Waals surface area contributed by atoms with Gasteiger partial charge in [0.05, 0.1) is 6.42 Å². The van der Waals surface area contributed by atoms with E-state index in [9.17, 15) is 4.79 Å². The summed E-state index contributed by atoms with van der Waals surface area (Å²) in [7, 11) is 1.87. The van der Waals surface area contributed by atoms with Gasteiger partial charge in [-0.25, -0.2) is 0 Å². The lowest BCUT2D eigenvalue weighted by Crippen LogP contribution is -2.37. The molecule has 1 amide bonds. The van der Waals surface area contributed by atoms with Gasteiger partial charge in [-0.05, 0) is 43.2 Å². The Labute approximate surface area is 142 Å². The molecule has 0 spiro atoms. The lowest BCUT2D eigenvalue weighted by atomic mass is 10.1. The van der Waals surface area contributed by atoms with E-state index >= 15 is 0 Å². The number of hydrogen-bond donors (Lipinski definition) is 1. The van der Waals surface area contributed by atoms with Gasteiger partial charge in [-0.1, -0.05) is 18.2 Å². The van der Waals surface area contributed by atoms with Gasteiger partial charge in [0.25, 0.3) is 0 Å². The fourth-order valence-corrected chi connectivity index (χ4v) is 2.96. The molecule has 24 heavy (non-hydrogen) atoms. The Bertz CT molecular complexity index is 853. The molecule has 0 aliphatic carbocycles. The maximum Gasteiger partial charge on any atom is 0.227 e. The minimum absolute atomic E-state index is 0.108. The number of aryl methyl sites for hydroxylation is 1. The third-order valence-corrected chi connectivity index (χ3v) is 4.55. The van der Waals surface area contributed by atoms with Crippen LogP contribution in [0.5, 0.6) is 0 Å². The number of nitrogens with one attached hydrogen (secondary N) is 1. The number of nitrogens with zero attached hydrogens (tertiary/aromatic N) is 2. The summed E-state index contributed by atoms with van der Waals surface area (Å²) in [5.41, 5.74) is 4.33. The quantitative estimate of drug-likeness (QED) is 0.782. The summed E-state index contributed by atoms with van der Waals surface area (Å²) in [6, 6.07) is 12.2. The van der Waals surface area contributed by atoms with Crippen LogP contribution in [0.25, 0.3) is 10.9 Å². The maximum absolute atomic E-state index is 12.6. The standard InChI is InChI=1S/C20H23N3O/c1-14-8-9-21-17(10-14)11-15(2)23(3)20(24)12-16-13-22-19-7-5-4-6-18(16)19/h4-10,13,15,22H,11-12H2,1-3H3/t15-/m1/s1. The SMILES string of the molecule is Cc1ccnc(C[C@@H](C)N(C)C(=O)Cc2c[nH]c3ccccc23)c1. The largest absolute Gasteiger partial charge is 0.361 e. The summed E-state index contributed by atoms with van der Waals surface area (Å²) < 4.78 is 0. The minimum Gasteiger partial charge on any atom is -0.361 e. The lowest BCUT2D eigenvalue weighted by Gasteiger charge is -2.25. The lowest BCUT2D eigenvalue weighted by molar-refractivity contribution is -0.130. The first kappa shape index (κ1) is 16.2. The molecule has 0 fully saturated rings. The van der Waals surface area contributed by atoms with Gasteiger partial charge >= 0.3 is 0 Å². The number of benzene rings is 1. The zero-order chi connectivity index (χ0) is 17.1. The fourth-order valence-electron chi connectivity index (χ4n) is 2.96. The van der Waals surface area contributed by atoms with E-state index in [0.717, 1.165) is 28.6 Å². The molecule has 0 aliphatic heterocycles. The summed E-state index contributed by atoms with van der Waals surface area (Å²) in [5, 5.41) is 1.12. The maximum atomic E-state index is 12.6. The van der Waals surface area contributed by atoms with Gasteiger partial charge in [0, 0.05) is 48.5 Å². The zero-order valence-electron chi connectivity index (χ0n) is 14.4. The molecule has 3 rings (SSSR count). The summed E-state index contributed by atoms with van der Waals surface area (Å²) in [6.07, 6.45) is 4.93. The van der Waals surface area contributed by atoms with Crippen molar-refractivity contribution in [1.82, 2.24) is 14.9 Å². The number of likely N-dealkylation sites (N-methyl/N-ethyl adjacent to an activating group) is 1. The van der Waals surface area contributed by atoms with Crippen LogP contribution in [0.1, 0.15) is 23.7 Å². The van der Waals surface area contributed by atoms with E-state index in [1.807, 2.05) is 48.6 Å². The van der Waals surface area contributed by atoms with Crippen LogP contribution in [0.4, 0.5) is 0 Å². The molecule has 0 saturated carbocycles. The second-order valence-electron chi connectivity index (χ2n) is 6.42. The molecule has 2 aromatic heterocycles. The molecule has 0 bridgehead atoms. The number of carbonyl (C=O) groups is 1. The van der Waals surface area contributed by atoms with E-state index in [1.165, 1.54) is 5.56 Å². The zero-order valence-corrected chi connectivity index (χ0v) is 14.4. The highest BCUT2D eigenvalue weighted by Gasteiger charge is 2.18. The summed E-state index contributed by atoms with van der Waals surface area (Å²) in [4.78, 5) is 22.1. The predicted molar refractivity (Wildman–Crippen MR) is 96.9 cm³/mol. The average molecular weight is 321 g/mol. The first-order valence-corrected chi connectivity index (χ1v) is 8.27. The smallest absolute Gasteiger partial charge is 0.227 e. The fraction of sp³-hybridized carbons (Fsp3) is 0.300. The van der Waals surface area contributed by atoms with E-state index in [4.69, 9.17) is 0 Å². The van der Waals surface area contributed by atoms with Crippen LogP contribution in [-0.4, -0.2) is 33.9 Å². The van der Waals surface area contributed by atoms with Crippen molar-refractivity contribution >= 4 is 16.8 Å². The van der Waals surface area contributed by atoms with E-state index in [1.54, 1.807) is 0 Å². The Hall–Kier alpha value is -2.62. The molecule has 4 nitrogen and oxygen atoms in total. The van der Waals surface area contributed by atoms with Crippen LogP contribution in [0, 0.1) is 6.92 Å². The van der Waals surface area contributed by atoms with Crippen molar-refractivity contribution in [3.63, 3.8) is 0 Å². The van der Waals surface area contributed by atoms with Gasteiger partial charge in [-0.15, -0.1) is 0 Å². The molecule has 0 aliphatic rings. The summed E-state index contributed by atoms with van der Waals surface area (Å²) in [5.74, 6) is 0.125. The number of pyridine rings is 1. The summed E-state index contributed by atoms with van der Waals surface area (Å²) in [6.45, 7) is 4.12. The highest BCUT2D eigenvalue weighted by atomic mass is 16.2. The molecule has 3 aromatic rings. The van der Waals surface area contributed by atoms with Crippen molar-refractivity contribution in [1.29, 1.82) is 0 Å². The van der Waals surface area contributed by atoms with Gasteiger partial charge in [0.15, 0.2) is 0 Å². The molecule has 124 valence electrons. The number of rotatable bonds is 5. The highest BCUT2D eigenvalue weighted by molar-refractivity contribution is 5.88. The summed E-state index contributed by atoms with van der Waals surface area (Å²) >= 11 is 0. The molecule has 0 saturated heterocycles. The minimum atomic E-state index is 0.108. The van der Waals surface area contributed by atoms with Crippen molar-refractivity contribution in [2.24, 2.45) is 0 Å². The van der Waals surface area contributed by atoms with Crippen LogP contribution in [0.15, 0.2) is 48.8 Å². The van der Waals surface area contributed by atoms with E-state index < -0.39 is 0 Å². The van der Waals surface area contributed by atoms with Crippen LogP contribution in [-0.2, 0) is 17.6 Å². The van der Waals surface area contributed by atoms with Gasteiger partial charge in [-0.3, -0.25) is 9.78 Å². The second kappa shape index (κ2) is 6.87. The monoisotopic (exact) mass is 321 g/mol. The van der Waals surface area contributed by atoms with E-state index in [-0.39, 0.29) is 11.9 Å². The van der Waals surface area contributed by atoms with Crippen LogP contribution >= 0.6 is 0 Å². The van der Waals surface area contributed by atoms with Crippen molar-refractivity contribution in [2.75, 3.05) is 7.05 Å². The molecule has 4 heteroatoms. The van der Waals surface area contributed by atoms with Gasteiger partial charge < -0.3 is 9.88 Å². The van der Waals surface area contributed by atoms with Gasteiger partial charge in [0.1, 0.15) is 0 Å². The van der Waals surface area contributed by atoms with Crippen LogP contribution < -0.4 is 0 Å². The van der Waals surface area contributed by atoms with Crippen molar-refractivity contribution in [3.8, 4) is 0 Å². The second-order valence-corrected chi connectivity index (χ2v) is 6.42. The molecular weight excluding hydrogens is 298 g/mol. The molecule has 2 heterocycles. The predicted octanol–water partition coefficient (Wildman–Crippen LogP) is 3.50. The first-order valence-electron chi connectivity index (χ1n) is 8.27. The average Bonchev–Trinajstić information content (AvgIpc) is 2.97. The number of fused-ring (bicyclic) bond motifs is 1. The number of H-pyrrole nitrogens is 1. The number of amides is 1. The van der Waals surface area contributed by atoms with Gasteiger partial charge in [0.2, 0.25) is 5.91 Å². The Morgan fingerprint density at radius 2 is 2.08 bits per heavy atom. The molecule has 1 N–H and O–H groups in total. The first-order chi connectivity index (χ1) is 11.5. The molecular formula is C20H23N3O. The Morgan fingerprint density at radius 1 is 1.29 bits per heavy atom. The van der Waals surface area contributed by atoms with E-state index in [0.29, 0.717) is 6.42 Å². The molecule has 0 unspecified atom stereocenters. The number of aromatic nitrogens is 2. The number of carbonyl (C=O) groups excluding carboxylic acids is 1. The third-order valence-electron chi connectivity index (χ3n) is 4.55. The van der Waals surface area contributed by atoms with E-state index in [2.05, 4.69) is 35.9 Å². The topological polar surface area (TPSA) is 49.0 Å². The number of hydrogen-bond acceptors (Lipinski definition) is 2. The molecule has 1 aromatic carbocycles.